The molecule has 6 heteroatoms. The molecule has 1 unspecified atom stereocenters. The molecular weight excluding hydrogens is 358 g/mol. The van der Waals surface area contributed by atoms with Gasteiger partial charge in [0.25, 0.3) is 0 Å². The van der Waals surface area contributed by atoms with Gasteiger partial charge >= 0.3 is 12.1 Å². The number of amides is 1. The summed E-state index contributed by atoms with van der Waals surface area (Å²) in [5, 5.41) is 8.70. The van der Waals surface area contributed by atoms with Gasteiger partial charge in [-0.2, -0.15) is 0 Å². The van der Waals surface area contributed by atoms with Crippen molar-refractivity contribution in [3.05, 3.63) is 59.7 Å². The number of likely N-dealkylation sites (tertiary alicyclic amines) is 1. The Labute approximate surface area is 163 Å². The van der Waals surface area contributed by atoms with E-state index in [-0.39, 0.29) is 37.9 Å². The molecule has 0 aromatic heterocycles. The Morgan fingerprint density at radius 2 is 1.64 bits per heavy atom. The van der Waals surface area contributed by atoms with Crippen molar-refractivity contribution < 1.29 is 24.2 Å². The SMILES string of the molecule is O=C(O)COCC1CCCN1C(=O)OCC1c2ccccc2-c2ccccc21. The highest BCUT2D eigenvalue weighted by molar-refractivity contribution is 5.79. The average molecular weight is 381 g/mol. The van der Waals surface area contributed by atoms with E-state index in [1.54, 1.807) is 4.90 Å². The van der Waals surface area contributed by atoms with Crippen LogP contribution in [0.4, 0.5) is 4.79 Å². The van der Waals surface area contributed by atoms with Crippen LogP contribution in [0.5, 0.6) is 0 Å². The van der Waals surface area contributed by atoms with Crippen LogP contribution in [0.15, 0.2) is 48.5 Å². The predicted octanol–water partition coefficient (Wildman–Crippen LogP) is 3.50. The second kappa shape index (κ2) is 8.02. The molecule has 0 radical (unpaired) electrons. The van der Waals surface area contributed by atoms with Crippen molar-refractivity contribution >= 4 is 12.1 Å². The second-order valence-corrected chi connectivity index (χ2v) is 7.20. The second-order valence-electron chi connectivity index (χ2n) is 7.20. The number of benzene rings is 2. The number of aliphatic carboxylic acids is 1. The number of carboxylic acids is 1. The van der Waals surface area contributed by atoms with Crippen LogP contribution >= 0.6 is 0 Å². The van der Waals surface area contributed by atoms with Crippen molar-refractivity contribution in [2.45, 2.75) is 24.8 Å². The van der Waals surface area contributed by atoms with Crippen molar-refractivity contribution in [2.75, 3.05) is 26.4 Å². The van der Waals surface area contributed by atoms with Gasteiger partial charge in [0, 0.05) is 12.5 Å². The van der Waals surface area contributed by atoms with E-state index < -0.39 is 5.97 Å². The number of carbonyl (C=O) groups is 2. The fourth-order valence-corrected chi connectivity index (χ4v) is 4.21. The fourth-order valence-electron chi connectivity index (χ4n) is 4.21. The van der Waals surface area contributed by atoms with Gasteiger partial charge in [-0.25, -0.2) is 9.59 Å². The lowest BCUT2D eigenvalue weighted by molar-refractivity contribution is -0.142. The average Bonchev–Trinajstić information content (AvgIpc) is 3.29. The van der Waals surface area contributed by atoms with Crippen LogP contribution in [0.3, 0.4) is 0 Å². The lowest BCUT2D eigenvalue weighted by Crippen LogP contribution is -2.39. The number of carboxylic acid groups (broad SMARTS) is 1. The first kappa shape index (κ1) is 18.5. The van der Waals surface area contributed by atoms with Crippen molar-refractivity contribution in [3.8, 4) is 11.1 Å². The van der Waals surface area contributed by atoms with Gasteiger partial charge in [0.1, 0.15) is 13.2 Å². The van der Waals surface area contributed by atoms with E-state index in [0.717, 1.165) is 12.8 Å². The Bertz CT molecular complexity index is 835. The van der Waals surface area contributed by atoms with E-state index in [0.29, 0.717) is 6.54 Å². The van der Waals surface area contributed by atoms with Gasteiger partial charge < -0.3 is 19.5 Å². The molecule has 0 saturated carbocycles. The van der Waals surface area contributed by atoms with Crippen molar-refractivity contribution in [2.24, 2.45) is 0 Å². The Hall–Kier alpha value is -2.86. The van der Waals surface area contributed by atoms with E-state index in [1.807, 2.05) is 24.3 Å². The lowest BCUT2D eigenvalue weighted by Gasteiger charge is -2.24. The third-order valence-corrected chi connectivity index (χ3v) is 5.48. The van der Waals surface area contributed by atoms with Crippen LogP contribution in [0.2, 0.25) is 0 Å². The number of rotatable bonds is 6. The molecule has 1 atom stereocenters. The molecule has 0 spiro atoms. The summed E-state index contributed by atoms with van der Waals surface area (Å²) in [4.78, 5) is 24.9. The van der Waals surface area contributed by atoms with Gasteiger partial charge in [0.05, 0.1) is 12.6 Å². The molecule has 1 fully saturated rings. The first-order valence-electron chi connectivity index (χ1n) is 9.56. The van der Waals surface area contributed by atoms with Gasteiger partial charge in [-0.05, 0) is 35.1 Å². The number of hydrogen-bond acceptors (Lipinski definition) is 4. The van der Waals surface area contributed by atoms with Gasteiger partial charge in [0.15, 0.2) is 0 Å². The molecule has 2 aliphatic rings. The number of nitrogens with zero attached hydrogens (tertiary/aromatic N) is 1. The summed E-state index contributed by atoms with van der Waals surface area (Å²) in [7, 11) is 0. The molecule has 4 rings (SSSR count). The topological polar surface area (TPSA) is 76.1 Å². The summed E-state index contributed by atoms with van der Waals surface area (Å²) in [6, 6.07) is 16.3. The summed E-state index contributed by atoms with van der Waals surface area (Å²) in [5.74, 6) is -0.980. The standard InChI is InChI=1S/C22H23NO5/c24-21(25)14-27-12-15-6-5-11-23(15)22(26)28-13-20-18-9-3-1-7-16(18)17-8-2-4-10-19(17)20/h1-4,7-10,15,20H,5-6,11-14H2,(H,24,25). The maximum Gasteiger partial charge on any atom is 0.410 e. The van der Waals surface area contributed by atoms with Crippen molar-refractivity contribution in [1.29, 1.82) is 0 Å². The van der Waals surface area contributed by atoms with E-state index >= 15 is 0 Å². The lowest BCUT2D eigenvalue weighted by atomic mass is 9.98. The highest BCUT2D eigenvalue weighted by Crippen LogP contribution is 2.44. The minimum Gasteiger partial charge on any atom is -0.480 e. The molecular formula is C22H23NO5. The Kier molecular flexibility index (Phi) is 5.30. The Morgan fingerprint density at radius 3 is 2.29 bits per heavy atom. The quantitative estimate of drug-likeness (QED) is 0.829. The molecule has 0 bridgehead atoms. The minimum absolute atomic E-state index is 0.0284. The minimum atomic E-state index is -1.01. The fraction of sp³-hybridized carbons (Fsp3) is 0.364. The van der Waals surface area contributed by atoms with E-state index in [4.69, 9.17) is 14.6 Å². The third-order valence-electron chi connectivity index (χ3n) is 5.48. The molecule has 1 amide bonds. The zero-order chi connectivity index (χ0) is 19.5. The van der Waals surface area contributed by atoms with Crippen LogP contribution in [0.25, 0.3) is 11.1 Å². The molecule has 2 aromatic carbocycles. The van der Waals surface area contributed by atoms with Gasteiger partial charge in [-0.3, -0.25) is 0 Å². The van der Waals surface area contributed by atoms with Crippen LogP contribution in [0.1, 0.15) is 29.9 Å². The van der Waals surface area contributed by atoms with E-state index in [2.05, 4.69) is 24.3 Å². The van der Waals surface area contributed by atoms with Gasteiger partial charge in [-0.1, -0.05) is 48.5 Å². The zero-order valence-electron chi connectivity index (χ0n) is 15.5. The Morgan fingerprint density at radius 1 is 1.00 bits per heavy atom. The van der Waals surface area contributed by atoms with Crippen molar-refractivity contribution in [1.82, 2.24) is 4.90 Å². The summed E-state index contributed by atoms with van der Waals surface area (Å²) in [6.45, 7) is 0.759. The molecule has 1 aliphatic carbocycles. The molecule has 2 aromatic rings. The number of ether oxygens (including phenoxy) is 2. The van der Waals surface area contributed by atoms with Crippen LogP contribution in [-0.4, -0.2) is 54.5 Å². The van der Waals surface area contributed by atoms with Crippen LogP contribution in [-0.2, 0) is 14.3 Å². The molecule has 1 saturated heterocycles. The highest BCUT2D eigenvalue weighted by Gasteiger charge is 2.33. The largest absolute Gasteiger partial charge is 0.480 e. The number of carbonyl (C=O) groups excluding carboxylic acids is 1. The summed E-state index contributed by atoms with van der Waals surface area (Å²) in [5.41, 5.74) is 4.75. The van der Waals surface area contributed by atoms with E-state index in [1.165, 1.54) is 22.3 Å². The molecule has 6 nitrogen and oxygen atoms in total. The number of hydrogen-bond donors (Lipinski definition) is 1. The number of fused-ring (bicyclic) bond motifs is 3. The predicted molar refractivity (Wildman–Crippen MR) is 103 cm³/mol. The highest BCUT2D eigenvalue weighted by atomic mass is 16.6. The zero-order valence-corrected chi connectivity index (χ0v) is 15.5. The van der Waals surface area contributed by atoms with Crippen molar-refractivity contribution in [3.63, 3.8) is 0 Å². The van der Waals surface area contributed by atoms with Crippen LogP contribution in [0, 0.1) is 0 Å². The van der Waals surface area contributed by atoms with Crippen LogP contribution < -0.4 is 0 Å². The first-order chi connectivity index (χ1) is 13.6. The first-order valence-corrected chi connectivity index (χ1v) is 9.56. The monoisotopic (exact) mass is 381 g/mol. The van der Waals surface area contributed by atoms with Gasteiger partial charge in [0.2, 0.25) is 0 Å². The van der Waals surface area contributed by atoms with E-state index in [9.17, 15) is 9.59 Å². The molecule has 1 heterocycles. The normalized spacial score (nSPS) is 18.0. The maximum absolute atomic E-state index is 12.7. The summed E-state index contributed by atoms with van der Waals surface area (Å²) in [6.07, 6.45) is 1.30. The molecule has 1 aliphatic heterocycles. The molecule has 28 heavy (non-hydrogen) atoms. The Balaban J connectivity index is 1.41. The summed E-state index contributed by atoms with van der Waals surface area (Å²) < 4.78 is 10.9. The maximum atomic E-state index is 12.7. The smallest absolute Gasteiger partial charge is 0.410 e. The third kappa shape index (κ3) is 3.60. The molecule has 1 N–H and O–H groups in total. The van der Waals surface area contributed by atoms with Gasteiger partial charge in [-0.15, -0.1) is 0 Å². The molecule has 146 valence electrons. The summed E-state index contributed by atoms with van der Waals surface area (Å²) >= 11 is 0.